The summed E-state index contributed by atoms with van der Waals surface area (Å²) in [4.78, 5) is 11.3. The van der Waals surface area contributed by atoms with Gasteiger partial charge in [0.15, 0.2) is 0 Å². The average molecular weight is 214 g/mol. The average Bonchev–Trinajstić information content (AvgIpc) is 2.78. The fraction of sp³-hybridized carbons (Fsp3) is 0.909. The van der Waals surface area contributed by atoms with Crippen LogP contribution in [0.15, 0.2) is 0 Å². The van der Waals surface area contributed by atoms with Gasteiger partial charge < -0.3 is 15.4 Å². The van der Waals surface area contributed by atoms with Crippen LogP contribution >= 0.6 is 0 Å². The summed E-state index contributed by atoms with van der Waals surface area (Å²) in [6, 6.07) is 0.516. The minimum Gasteiger partial charge on any atom is -0.385 e. The van der Waals surface area contributed by atoms with E-state index in [0.29, 0.717) is 31.2 Å². The summed E-state index contributed by atoms with van der Waals surface area (Å²) in [7, 11) is 1.67. The molecule has 4 heteroatoms. The molecule has 1 atom stereocenters. The quantitative estimate of drug-likeness (QED) is 0.608. The highest BCUT2D eigenvalue weighted by Gasteiger charge is 2.45. The second-order valence-electron chi connectivity index (χ2n) is 4.82. The van der Waals surface area contributed by atoms with Crippen LogP contribution in [0.3, 0.4) is 0 Å². The Morgan fingerprint density at radius 1 is 1.53 bits per heavy atom. The highest BCUT2D eigenvalue weighted by atomic mass is 16.5. The normalized spacial score (nSPS) is 22.5. The molecule has 1 unspecified atom stereocenters. The topological polar surface area (TPSA) is 50.4 Å². The fourth-order valence-electron chi connectivity index (χ4n) is 1.54. The SMILES string of the molecule is COCCCNC(=O)CNC1CC1(C)C. The minimum atomic E-state index is 0.0776. The summed E-state index contributed by atoms with van der Waals surface area (Å²) in [6.07, 6.45) is 2.04. The Morgan fingerprint density at radius 3 is 2.73 bits per heavy atom. The molecule has 1 saturated carbocycles. The Balaban J connectivity index is 1.95. The maximum Gasteiger partial charge on any atom is 0.233 e. The van der Waals surface area contributed by atoms with Crippen LogP contribution in [-0.4, -0.2) is 38.8 Å². The first-order chi connectivity index (χ1) is 7.06. The molecule has 0 bridgehead atoms. The molecule has 0 aromatic rings. The van der Waals surface area contributed by atoms with Crippen LogP contribution in [0.2, 0.25) is 0 Å². The van der Waals surface area contributed by atoms with Gasteiger partial charge in [-0.2, -0.15) is 0 Å². The molecule has 1 amide bonds. The largest absolute Gasteiger partial charge is 0.385 e. The Bertz CT molecular complexity index is 217. The highest BCUT2D eigenvalue weighted by Crippen LogP contribution is 2.44. The van der Waals surface area contributed by atoms with Crippen molar-refractivity contribution < 1.29 is 9.53 Å². The summed E-state index contributed by atoms with van der Waals surface area (Å²) in [5.41, 5.74) is 0.385. The lowest BCUT2D eigenvalue weighted by molar-refractivity contribution is -0.120. The van der Waals surface area contributed by atoms with Gasteiger partial charge in [0, 0.05) is 26.3 Å². The molecule has 88 valence electrons. The second kappa shape index (κ2) is 5.47. The standard InChI is InChI=1S/C11H22N2O2/c1-11(2)7-9(11)13-8-10(14)12-5-4-6-15-3/h9,13H,4-8H2,1-3H3,(H,12,14). The second-order valence-corrected chi connectivity index (χ2v) is 4.82. The van der Waals surface area contributed by atoms with Gasteiger partial charge in [0.05, 0.1) is 6.54 Å². The minimum absolute atomic E-state index is 0.0776. The Kier molecular flexibility index (Phi) is 4.54. The van der Waals surface area contributed by atoms with Crippen molar-refractivity contribution in [3.05, 3.63) is 0 Å². The number of carbonyl (C=O) groups is 1. The van der Waals surface area contributed by atoms with E-state index in [1.807, 2.05) is 0 Å². The first-order valence-corrected chi connectivity index (χ1v) is 5.55. The Morgan fingerprint density at radius 2 is 2.20 bits per heavy atom. The zero-order valence-corrected chi connectivity index (χ0v) is 9.93. The predicted octanol–water partition coefficient (Wildman–Crippen LogP) is 0.527. The molecule has 2 N–H and O–H groups in total. The van der Waals surface area contributed by atoms with Gasteiger partial charge in [-0.3, -0.25) is 4.79 Å². The van der Waals surface area contributed by atoms with E-state index in [0.717, 1.165) is 6.42 Å². The molecule has 0 aromatic carbocycles. The van der Waals surface area contributed by atoms with Crippen LogP contribution in [0.1, 0.15) is 26.7 Å². The lowest BCUT2D eigenvalue weighted by atomic mass is 10.2. The molecule has 15 heavy (non-hydrogen) atoms. The van der Waals surface area contributed by atoms with Gasteiger partial charge in [0.25, 0.3) is 0 Å². The molecule has 1 fully saturated rings. The third-order valence-electron chi connectivity index (χ3n) is 2.87. The zero-order chi connectivity index (χ0) is 11.3. The van der Waals surface area contributed by atoms with Gasteiger partial charge in [0.1, 0.15) is 0 Å². The number of methoxy groups -OCH3 is 1. The lowest BCUT2D eigenvalue weighted by Crippen LogP contribution is -2.36. The molecule has 0 saturated heterocycles. The van der Waals surface area contributed by atoms with E-state index in [4.69, 9.17) is 4.74 Å². The maximum atomic E-state index is 11.3. The lowest BCUT2D eigenvalue weighted by Gasteiger charge is -2.07. The monoisotopic (exact) mass is 214 g/mol. The van der Waals surface area contributed by atoms with Gasteiger partial charge in [-0.25, -0.2) is 0 Å². The first kappa shape index (κ1) is 12.5. The van der Waals surface area contributed by atoms with E-state index in [-0.39, 0.29) is 5.91 Å². The molecule has 1 rings (SSSR count). The van der Waals surface area contributed by atoms with Crippen molar-refractivity contribution >= 4 is 5.91 Å². The summed E-state index contributed by atoms with van der Waals surface area (Å²) >= 11 is 0. The third kappa shape index (κ3) is 4.62. The summed E-state index contributed by atoms with van der Waals surface area (Å²) < 4.78 is 4.89. The summed E-state index contributed by atoms with van der Waals surface area (Å²) in [5, 5.41) is 6.09. The summed E-state index contributed by atoms with van der Waals surface area (Å²) in [6.45, 7) is 6.25. The number of carbonyl (C=O) groups excluding carboxylic acids is 1. The van der Waals surface area contributed by atoms with Crippen molar-refractivity contribution in [1.29, 1.82) is 0 Å². The molecule has 1 aliphatic rings. The zero-order valence-electron chi connectivity index (χ0n) is 9.93. The van der Waals surface area contributed by atoms with Crippen molar-refractivity contribution in [1.82, 2.24) is 10.6 Å². The van der Waals surface area contributed by atoms with Gasteiger partial charge in [0.2, 0.25) is 5.91 Å². The predicted molar refractivity (Wildman–Crippen MR) is 59.7 cm³/mol. The van der Waals surface area contributed by atoms with Crippen LogP contribution < -0.4 is 10.6 Å². The van der Waals surface area contributed by atoms with E-state index in [1.54, 1.807) is 7.11 Å². The van der Waals surface area contributed by atoms with E-state index in [2.05, 4.69) is 24.5 Å². The van der Waals surface area contributed by atoms with Crippen molar-refractivity contribution in [3.8, 4) is 0 Å². The van der Waals surface area contributed by atoms with Gasteiger partial charge in [-0.15, -0.1) is 0 Å². The van der Waals surface area contributed by atoms with E-state index in [9.17, 15) is 4.79 Å². The number of amides is 1. The number of ether oxygens (including phenoxy) is 1. The molecule has 0 heterocycles. The van der Waals surface area contributed by atoms with Gasteiger partial charge in [-0.05, 0) is 18.3 Å². The fourth-order valence-corrected chi connectivity index (χ4v) is 1.54. The van der Waals surface area contributed by atoms with Crippen molar-refractivity contribution in [2.24, 2.45) is 5.41 Å². The van der Waals surface area contributed by atoms with Crippen LogP contribution in [0.5, 0.6) is 0 Å². The third-order valence-corrected chi connectivity index (χ3v) is 2.87. The van der Waals surface area contributed by atoms with Crippen molar-refractivity contribution in [3.63, 3.8) is 0 Å². The van der Waals surface area contributed by atoms with E-state index < -0.39 is 0 Å². The summed E-state index contributed by atoms with van der Waals surface area (Å²) in [5.74, 6) is 0.0776. The maximum absolute atomic E-state index is 11.3. The Hall–Kier alpha value is -0.610. The molecule has 0 aliphatic heterocycles. The van der Waals surface area contributed by atoms with E-state index in [1.165, 1.54) is 6.42 Å². The van der Waals surface area contributed by atoms with Crippen molar-refractivity contribution in [2.75, 3.05) is 26.8 Å². The molecule has 4 nitrogen and oxygen atoms in total. The molecule has 0 aromatic heterocycles. The number of rotatable bonds is 7. The number of hydrogen-bond acceptors (Lipinski definition) is 3. The van der Waals surface area contributed by atoms with Crippen LogP contribution in [0.4, 0.5) is 0 Å². The molecule has 1 aliphatic carbocycles. The Labute approximate surface area is 91.8 Å². The molecule has 0 radical (unpaired) electrons. The van der Waals surface area contributed by atoms with E-state index >= 15 is 0 Å². The van der Waals surface area contributed by atoms with Gasteiger partial charge >= 0.3 is 0 Å². The van der Waals surface area contributed by atoms with Crippen LogP contribution in [0, 0.1) is 5.41 Å². The van der Waals surface area contributed by atoms with Crippen molar-refractivity contribution in [2.45, 2.75) is 32.7 Å². The van der Waals surface area contributed by atoms with Gasteiger partial charge in [-0.1, -0.05) is 13.8 Å². The smallest absolute Gasteiger partial charge is 0.233 e. The molecular formula is C11H22N2O2. The first-order valence-electron chi connectivity index (χ1n) is 5.55. The molecular weight excluding hydrogens is 192 g/mol. The molecule has 0 spiro atoms. The van der Waals surface area contributed by atoms with Crippen LogP contribution in [0.25, 0.3) is 0 Å². The van der Waals surface area contributed by atoms with Crippen LogP contribution in [-0.2, 0) is 9.53 Å². The number of hydrogen-bond donors (Lipinski definition) is 2. The highest BCUT2D eigenvalue weighted by molar-refractivity contribution is 5.78. The number of nitrogens with one attached hydrogen (secondary N) is 2.